The number of hydrogen-bond donors (Lipinski definition) is 1. The van der Waals surface area contributed by atoms with Gasteiger partial charge in [0, 0.05) is 36.5 Å². The summed E-state index contributed by atoms with van der Waals surface area (Å²) >= 11 is 0. The molecule has 1 aliphatic rings. The van der Waals surface area contributed by atoms with Crippen LogP contribution in [0.5, 0.6) is 0 Å². The number of likely N-dealkylation sites (tertiary alicyclic amines) is 1. The number of pyridine rings is 1. The highest BCUT2D eigenvalue weighted by Gasteiger charge is 2.25. The Morgan fingerprint density at radius 2 is 1.73 bits per heavy atom. The van der Waals surface area contributed by atoms with Crippen molar-refractivity contribution in [1.29, 1.82) is 0 Å². The highest BCUT2D eigenvalue weighted by atomic mass is 32.2. The molecule has 6 nitrogen and oxygen atoms in total. The van der Waals surface area contributed by atoms with Crippen LogP contribution in [0.3, 0.4) is 0 Å². The van der Waals surface area contributed by atoms with E-state index in [9.17, 15) is 17.6 Å². The van der Waals surface area contributed by atoms with Gasteiger partial charge in [-0.3, -0.25) is 9.78 Å². The van der Waals surface area contributed by atoms with Gasteiger partial charge in [-0.25, -0.2) is 17.5 Å². The molecule has 1 aliphatic heterocycles. The van der Waals surface area contributed by atoms with Gasteiger partial charge in [0.1, 0.15) is 5.82 Å². The van der Waals surface area contributed by atoms with Crippen LogP contribution in [0.2, 0.25) is 0 Å². The van der Waals surface area contributed by atoms with Crippen LogP contribution in [0.15, 0.2) is 54.9 Å². The number of sulfonamides is 1. The van der Waals surface area contributed by atoms with Crippen molar-refractivity contribution in [3.8, 4) is 11.1 Å². The lowest BCUT2D eigenvalue weighted by molar-refractivity contribution is 0.0711. The number of carbonyl (C=O) groups is 1. The third-order valence-corrected chi connectivity index (χ3v) is 6.05. The molecule has 0 saturated carbocycles. The van der Waals surface area contributed by atoms with E-state index in [4.69, 9.17) is 0 Å². The van der Waals surface area contributed by atoms with Crippen LogP contribution in [0.25, 0.3) is 21.9 Å². The van der Waals surface area contributed by atoms with Crippen molar-refractivity contribution in [3.63, 3.8) is 0 Å². The van der Waals surface area contributed by atoms with Crippen molar-refractivity contribution in [1.82, 2.24) is 14.6 Å². The number of nitrogens with one attached hydrogen (secondary N) is 1. The van der Waals surface area contributed by atoms with Crippen LogP contribution < -0.4 is 4.72 Å². The van der Waals surface area contributed by atoms with Crippen LogP contribution in [-0.4, -0.2) is 49.6 Å². The van der Waals surface area contributed by atoms with Crippen molar-refractivity contribution in [2.45, 2.75) is 18.9 Å². The van der Waals surface area contributed by atoms with Crippen LogP contribution in [0.1, 0.15) is 23.2 Å². The fourth-order valence-electron chi connectivity index (χ4n) is 3.81. The molecule has 0 radical (unpaired) electrons. The third-order valence-electron chi connectivity index (χ3n) is 5.29. The number of rotatable bonds is 4. The molecule has 0 bridgehead atoms. The second-order valence-corrected chi connectivity index (χ2v) is 9.41. The van der Waals surface area contributed by atoms with E-state index in [0.29, 0.717) is 37.1 Å². The molecular weight excluding hydrogens is 405 g/mol. The molecule has 0 unspecified atom stereocenters. The maximum Gasteiger partial charge on any atom is 0.253 e. The standard InChI is InChI=1S/C22H22FN3O3S/c1-30(28,29)25-21-6-8-26(9-7-21)22(27)18-5-4-15-10-17(3-2-16(15)11-18)19-12-20(23)14-24-13-19/h2-5,10-14,21,25H,6-9H2,1H3. The lowest BCUT2D eigenvalue weighted by Gasteiger charge is -2.32. The first-order valence-electron chi connectivity index (χ1n) is 9.70. The first-order valence-corrected chi connectivity index (χ1v) is 11.6. The minimum Gasteiger partial charge on any atom is -0.339 e. The quantitative estimate of drug-likeness (QED) is 0.694. The minimum absolute atomic E-state index is 0.0619. The van der Waals surface area contributed by atoms with Gasteiger partial charge in [0.05, 0.1) is 12.5 Å². The second-order valence-electron chi connectivity index (χ2n) is 7.63. The Labute approximate surface area is 174 Å². The average molecular weight is 428 g/mol. The molecule has 1 amide bonds. The van der Waals surface area contributed by atoms with E-state index in [2.05, 4.69) is 9.71 Å². The molecule has 0 atom stereocenters. The summed E-state index contributed by atoms with van der Waals surface area (Å²) < 4.78 is 38.8. The first-order chi connectivity index (χ1) is 14.3. The van der Waals surface area contributed by atoms with E-state index in [1.54, 1.807) is 17.2 Å². The van der Waals surface area contributed by atoms with Crippen LogP contribution >= 0.6 is 0 Å². The average Bonchev–Trinajstić information content (AvgIpc) is 2.72. The summed E-state index contributed by atoms with van der Waals surface area (Å²) in [5.74, 6) is -0.447. The fraction of sp³-hybridized carbons (Fsp3) is 0.273. The lowest BCUT2D eigenvalue weighted by Crippen LogP contribution is -2.46. The van der Waals surface area contributed by atoms with Gasteiger partial charge in [0.25, 0.3) is 5.91 Å². The minimum atomic E-state index is -3.24. The first kappa shape index (κ1) is 20.4. The topological polar surface area (TPSA) is 79.4 Å². The van der Waals surface area contributed by atoms with Gasteiger partial charge in [-0.2, -0.15) is 0 Å². The van der Waals surface area contributed by atoms with E-state index < -0.39 is 10.0 Å². The second kappa shape index (κ2) is 8.12. The van der Waals surface area contributed by atoms with Crippen LogP contribution in [-0.2, 0) is 10.0 Å². The van der Waals surface area contributed by atoms with Crippen LogP contribution in [0, 0.1) is 5.82 Å². The number of piperidine rings is 1. The Kier molecular flexibility index (Phi) is 5.53. The summed E-state index contributed by atoms with van der Waals surface area (Å²) in [7, 11) is -3.24. The Balaban J connectivity index is 1.50. The van der Waals surface area contributed by atoms with Crippen molar-refractivity contribution < 1.29 is 17.6 Å². The Bertz CT molecular complexity index is 1210. The summed E-state index contributed by atoms with van der Waals surface area (Å²) in [6, 6.07) is 12.6. The van der Waals surface area contributed by atoms with Gasteiger partial charge >= 0.3 is 0 Å². The Hall–Kier alpha value is -2.84. The molecule has 1 aromatic heterocycles. The summed E-state index contributed by atoms with van der Waals surface area (Å²) in [6.07, 6.45) is 5.12. The Morgan fingerprint density at radius 1 is 1.03 bits per heavy atom. The van der Waals surface area contributed by atoms with Gasteiger partial charge in [-0.05, 0) is 53.4 Å². The Morgan fingerprint density at radius 3 is 2.43 bits per heavy atom. The molecule has 0 spiro atoms. The molecule has 2 heterocycles. The SMILES string of the molecule is CS(=O)(=O)NC1CCN(C(=O)c2ccc3cc(-c4cncc(F)c4)ccc3c2)CC1. The van der Waals surface area contributed by atoms with Crippen molar-refractivity contribution in [2.75, 3.05) is 19.3 Å². The number of aromatic nitrogens is 1. The zero-order chi connectivity index (χ0) is 21.3. The van der Waals surface area contributed by atoms with E-state index in [1.165, 1.54) is 12.3 Å². The molecule has 0 aliphatic carbocycles. The highest BCUT2D eigenvalue weighted by molar-refractivity contribution is 7.88. The number of fused-ring (bicyclic) bond motifs is 1. The molecule has 2 aromatic carbocycles. The maximum absolute atomic E-state index is 13.5. The number of carbonyl (C=O) groups excluding carboxylic acids is 1. The normalized spacial score (nSPS) is 15.5. The maximum atomic E-state index is 13.5. The molecule has 30 heavy (non-hydrogen) atoms. The third kappa shape index (κ3) is 4.66. The van der Waals surface area contributed by atoms with Gasteiger partial charge in [0.15, 0.2) is 0 Å². The monoisotopic (exact) mass is 427 g/mol. The largest absolute Gasteiger partial charge is 0.339 e. The smallest absolute Gasteiger partial charge is 0.253 e. The summed E-state index contributed by atoms with van der Waals surface area (Å²) in [5.41, 5.74) is 2.15. The fourth-order valence-corrected chi connectivity index (χ4v) is 4.66. The summed E-state index contributed by atoms with van der Waals surface area (Å²) in [4.78, 5) is 18.5. The molecule has 4 rings (SSSR count). The van der Waals surface area contributed by atoms with E-state index in [-0.39, 0.29) is 17.8 Å². The molecule has 1 saturated heterocycles. The number of nitrogens with zero attached hydrogens (tertiary/aromatic N) is 2. The number of amides is 1. The predicted octanol–water partition coefficient (Wildman–Crippen LogP) is 3.19. The van der Waals surface area contributed by atoms with Crippen molar-refractivity contribution >= 4 is 26.7 Å². The molecule has 3 aromatic rings. The molecular formula is C22H22FN3O3S. The summed E-state index contributed by atoms with van der Waals surface area (Å²) in [6.45, 7) is 1.02. The molecule has 8 heteroatoms. The van der Waals surface area contributed by atoms with E-state index in [1.807, 2.05) is 30.3 Å². The molecule has 1 N–H and O–H groups in total. The van der Waals surface area contributed by atoms with Crippen LogP contribution in [0.4, 0.5) is 4.39 Å². The number of hydrogen-bond acceptors (Lipinski definition) is 4. The zero-order valence-corrected chi connectivity index (χ0v) is 17.3. The van der Waals surface area contributed by atoms with Gasteiger partial charge in [-0.15, -0.1) is 0 Å². The summed E-state index contributed by atoms with van der Waals surface area (Å²) in [5, 5.41) is 1.87. The van der Waals surface area contributed by atoms with Crippen molar-refractivity contribution in [2.24, 2.45) is 0 Å². The lowest BCUT2D eigenvalue weighted by atomic mass is 10.00. The predicted molar refractivity (Wildman–Crippen MR) is 114 cm³/mol. The van der Waals surface area contributed by atoms with Gasteiger partial charge < -0.3 is 4.90 Å². The molecule has 156 valence electrons. The van der Waals surface area contributed by atoms with E-state index >= 15 is 0 Å². The number of halogens is 1. The van der Waals surface area contributed by atoms with Crippen molar-refractivity contribution in [3.05, 3.63) is 66.2 Å². The van der Waals surface area contributed by atoms with Gasteiger partial charge in [0.2, 0.25) is 10.0 Å². The zero-order valence-electron chi connectivity index (χ0n) is 16.5. The highest BCUT2D eigenvalue weighted by Crippen LogP contribution is 2.26. The molecule has 1 fully saturated rings. The van der Waals surface area contributed by atoms with E-state index in [0.717, 1.165) is 22.6 Å². The number of benzene rings is 2. The van der Waals surface area contributed by atoms with Gasteiger partial charge in [-0.1, -0.05) is 18.2 Å².